The van der Waals surface area contributed by atoms with Crippen molar-refractivity contribution in [3.63, 3.8) is 0 Å². The van der Waals surface area contributed by atoms with Crippen LogP contribution in [0.15, 0.2) is 24.3 Å². The lowest BCUT2D eigenvalue weighted by Gasteiger charge is -2.35. The van der Waals surface area contributed by atoms with E-state index in [1.807, 2.05) is 0 Å². The van der Waals surface area contributed by atoms with Gasteiger partial charge in [0.05, 0.1) is 6.17 Å². The molecule has 2 heteroatoms. The summed E-state index contributed by atoms with van der Waals surface area (Å²) in [6.07, 6.45) is 3.11. The fourth-order valence-electron chi connectivity index (χ4n) is 2.46. The monoisotopic (exact) mass is 218 g/mol. The molecule has 0 saturated carbocycles. The predicted molar refractivity (Wildman–Crippen MR) is 69.9 cm³/mol. The highest BCUT2D eigenvalue weighted by molar-refractivity contribution is 5.53. The summed E-state index contributed by atoms with van der Waals surface area (Å²) >= 11 is 0. The number of hydrogen-bond acceptors (Lipinski definition) is 2. The second-order valence-electron chi connectivity index (χ2n) is 4.80. The van der Waals surface area contributed by atoms with Crippen molar-refractivity contribution >= 4 is 5.69 Å². The largest absolute Gasteiger partial charge is 0.356 e. The first-order chi connectivity index (χ1) is 7.70. The molecule has 16 heavy (non-hydrogen) atoms. The fourth-order valence-corrected chi connectivity index (χ4v) is 2.46. The van der Waals surface area contributed by atoms with Crippen LogP contribution in [0.4, 0.5) is 5.69 Å². The molecule has 0 bridgehead atoms. The maximum atomic E-state index is 2.53. The van der Waals surface area contributed by atoms with E-state index in [4.69, 9.17) is 0 Å². The summed E-state index contributed by atoms with van der Waals surface area (Å²) in [5.74, 6) is 0. The molecule has 0 N–H and O–H groups in total. The van der Waals surface area contributed by atoms with Crippen LogP contribution in [0.1, 0.15) is 25.3 Å². The van der Waals surface area contributed by atoms with Crippen molar-refractivity contribution < 1.29 is 0 Å². The molecule has 1 aromatic carbocycles. The fraction of sp³-hybridized carbons (Fsp3) is 0.571. The number of anilines is 1. The molecule has 1 atom stereocenters. The zero-order valence-electron chi connectivity index (χ0n) is 10.6. The number of rotatable bonds is 1. The van der Waals surface area contributed by atoms with E-state index in [-0.39, 0.29) is 0 Å². The minimum atomic E-state index is 0.503. The first-order valence-corrected chi connectivity index (χ1v) is 6.22. The normalized spacial score (nSPS) is 23.2. The molecule has 0 amide bonds. The van der Waals surface area contributed by atoms with Crippen molar-refractivity contribution in [3.05, 3.63) is 29.8 Å². The average Bonchev–Trinajstić information content (AvgIpc) is 2.44. The van der Waals surface area contributed by atoms with Gasteiger partial charge in [-0.15, -0.1) is 0 Å². The van der Waals surface area contributed by atoms with Crippen LogP contribution >= 0.6 is 0 Å². The summed E-state index contributed by atoms with van der Waals surface area (Å²) in [7, 11) is 2.22. The number of hydrogen-bond donors (Lipinski definition) is 0. The number of nitrogens with zero attached hydrogens (tertiary/aromatic N) is 2. The van der Waals surface area contributed by atoms with Crippen LogP contribution in [-0.2, 0) is 0 Å². The van der Waals surface area contributed by atoms with Crippen molar-refractivity contribution in [2.45, 2.75) is 32.9 Å². The molecule has 88 valence electrons. The summed E-state index contributed by atoms with van der Waals surface area (Å²) in [5.41, 5.74) is 2.77. The SMILES string of the molecule is Cc1ccccc1N1CCCCN(C)[C@@H]1C. The van der Waals surface area contributed by atoms with Gasteiger partial charge in [-0.1, -0.05) is 18.2 Å². The van der Waals surface area contributed by atoms with Crippen molar-refractivity contribution in [1.82, 2.24) is 4.90 Å². The Hall–Kier alpha value is -1.02. The van der Waals surface area contributed by atoms with E-state index in [9.17, 15) is 0 Å². The minimum absolute atomic E-state index is 0.503. The maximum absolute atomic E-state index is 2.53. The quantitative estimate of drug-likeness (QED) is 0.715. The van der Waals surface area contributed by atoms with Crippen molar-refractivity contribution in [2.75, 3.05) is 25.0 Å². The van der Waals surface area contributed by atoms with Gasteiger partial charge in [0.1, 0.15) is 0 Å². The lowest BCUT2D eigenvalue weighted by atomic mass is 10.1. The third kappa shape index (κ3) is 2.22. The summed E-state index contributed by atoms with van der Waals surface area (Å²) in [4.78, 5) is 4.97. The Labute approximate surface area is 98.9 Å². The molecule has 2 rings (SSSR count). The molecule has 1 saturated heterocycles. The molecule has 0 aliphatic carbocycles. The highest BCUT2D eigenvalue weighted by Crippen LogP contribution is 2.24. The van der Waals surface area contributed by atoms with E-state index in [1.54, 1.807) is 0 Å². The predicted octanol–water partition coefficient (Wildman–Crippen LogP) is 2.87. The zero-order valence-corrected chi connectivity index (χ0v) is 10.6. The van der Waals surface area contributed by atoms with Crippen LogP contribution in [0.5, 0.6) is 0 Å². The van der Waals surface area contributed by atoms with E-state index in [0.29, 0.717) is 6.17 Å². The highest BCUT2D eigenvalue weighted by atomic mass is 15.3. The van der Waals surface area contributed by atoms with Crippen LogP contribution in [0.25, 0.3) is 0 Å². The van der Waals surface area contributed by atoms with E-state index in [2.05, 4.69) is 55.0 Å². The Morgan fingerprint density at radius 1 is 1.12 bits per heavy atom. The number of para-hydroxylation sites is 1. The Morgan fingerprint density at radius 3 is 2.56 bits per heavy atom. The molecular weight excluding hydrogens is 196 g/mol. The summed E-state index contributed by atoms with van der Waals surface area (Å²) < 4.78 is 0. The molecule has 1 heterocycles. The maximum Gasteiger partial charge on any atom is 0.0789 e. The van der Waals surface area contributed by atoms with Gasteiger partial charge in [-0.25, -0.2) is 0 Å². The average molecular weight is 218 g/mol. The molecule has 0 aromatic heterocycles. The van der Waals surface area contributed by atoms with Crippen LogP contribution in [0, 0.1) is 6.92 Å². The van der Waals surface area contributed by atoms with E-state index in [0.717, 1.165) is 0 Å². The summed E-state index contributed by atoms with van der Waals surface area (Å²) in [5, 5.41) is 0. The van der Waals surface area contributed by atoms with Gasteiger partial charge in [0, 0.05) is 12.2 Å². The summed E-state index contributed by atoms with van der Waals surface area (Å²) in [6.45, 7) is 6.89. The highest BCUT2D eigenvalue weighted by Gasteiger charge is 2.21. The molecule has 0 unspecified atom stereocenters. The van der Waals surface area contributed by atoms with Crippen LogP contribution in [0.3, 0.4) is 0 Å². The first kappa shape index (κ1) is 11.5. The number of benzene rings is 1. The molecule has 2 nitrogen and oxygen atoms in total. The zero-order chi connectivity index (χ0) is 11.5. The van der Waals surface area contributed by atoms with E-state index >= 15 is 0 Å². The van der Waals surface area contributed by atoms with Gasteiger partial charge in [0.15, 0.2) is 0 Å². The Balaban J connectivity index is 2.27. The first-order valence-electron chi connectivity index (χ1n) is 6.22. The standard InChI is InChI=1S/C14H22N2/c1-12-8-4-5-9-14(12)16-11-7-6-10-15(3)13(16)2/h4-5,8-9,13H,6-7,10-11H2,1-3H3/t13-/m0/s1. The second kappa shape index (κ2) is 4.88. The molecular formula is C14H22N2. The van der Waals surface area contributed by atoms with Gasteiger partial charge in [-0.2, -0.15) is 0 Å². The lowest BCUT2D eigenvalue weighted by molar-refractivity contribution is 0.267. The molecule has 1 aliphatic rings. The minimum Gasteiger partial charge on any atom is -0.356 e. The molecule has 0 spiro atoms. The van der Waals surface area contributed by atoms with Gasteiger partial charge in [0.25, 0.3) is 0 Å². The van der Waals surface area contributed by atoms with Gasteiger partial charge in [0.2, 0.25) is 0 Å². The molecule has 1 aromatic rings. The van der Waals surface area contributed by atoms with Crippen molar-refractivity contribution in [2.24, 2.45) is 0 Å². The molecule has 1 fully saturated rings. The van der Waals surface area contributed by atoms with E-state index < -0.39 is 0 Å². The molecule has 0 radical (unpaired) electrons. The van der Waals surface area contributed by atoms with Crippen LogP contribution in [-0.4, -0.2) is 31.2 Å². The molecule has 1 aliphatic heterocycles. The van der Waals surface area contributed by atoms with Gasteiger partial charge in [-0.3, -0.25) is 4.90 Å². The Morgan fingerprint density at radius 2 is 1.81 bits per heavy atom. The third-order valence-electron chi connectivity index (χ3n) is 3.67. The smallest absolute Gasteiger partial charge is 0.0789 e. The topological polar surface area (TPSA) is 6.48 Å². The van der Waals surface area contributed by atoms with Gasteiger partial charge in [-0.05, 0) is 51.9 Å². The van der Waals surface area contributed by atoms with Crippen LogP contribution < -0.4 is 4.90 Å². The van der Waals surface area contributed by atoms with Crippen molar-refractivity contribution in [3.8, 4) is 0 Å². The van der Waals surface area contributed by atoms with Gasteiger partial charge < -0.3 is 4.90 Å². The lowest BCUT2D eigenvalue weighted by Crippen LogP contribution is -2.43. The second-order valence-corrected chi connectivity index (χ2v) is 4.80. The summed E-state index contributed by atoms with van der Waals surface area (Å²) in [6, 6.07) is 8.70. The number of aryl methyl sites for hydroxylation is 1. The van der Waals surface area contributed by atoms with Crippen molar-refractivity contribution in [1.29, 1.82) is 0 Å². The van der Waals surface area contributed by atoms with Crippen LogP contribution in [0.2, 0.25) is 0 Å². The van der Waals surface area contributed by atoms with Gasteiger partial charge >= 0.3 is 0 Å². The Kier molecular flexibility index (Phi) is 3.49. The van der Waals surface area contributed by atoms with E-state index in [1.165, 1.54) is 37.2 Å². The Bertz CT molecular complexity index is 348. The third-order valence-corrected chi connectivity index (χ3v) is 3.67.